The van der Waals surface area contributed by atoms with Crippen LogP contribution in [-0.4, -0.2) is 29.2 Å². The zero-order valence-electron chi connectivity index (χ0n) is 10.2. The van der Waals surface area contributed by atoms with E-state index in [1.54, 1.807) is 0 Å². The average Bonchev–Trinajstić information content (AvgIpc) is 2.36. The second-order valence-electron chi connectivity index (χ2n) is 3.66. The molecule has 1 unspecified atom stereocenters. The fraction of sp³-hybridized carbons (Fsp3) is 0.455. The molecule has 1 aromatic rings. The fourth-order valence-corrected chi connectivity index (χ4v) is 1.32. The Morgan fingerprint density at radius 2 is 2.44 bits per heavy atom. The van der Waals surface area contributed by atoms with Gasteiger partial charge in [0.1, 0.15) is 23.6 Å². The van der Waals surface area contributed by atoms with Gasteiger partial charge in [-0.05, 0) is 13.8 Å². The average molecular weight is 250 g/mol. The van der Waals surface area contributed by atoms with Gasteiger partial charge in [0.05, 0.1) is 11.5 Å². The highest BCUT2D eigenvalue weighted by molar-refractivity contribution is 5.55. The zero-order chi connectivity index (χ0) is 13.5. The molecule has 0 saturated carbocycles. The van der Waals surface area contributed by atoms with Crippen LogP contribution in [0.15, 0.2) is 12.3 Å². The van der Waals surface area contributed by atoms with Crippen molar-refractivity contribution < 1.29 is 9.66 Å². The molecule has 0 saturated heterocycles. The predicted molar refractivity (Wildman–Crippen MR) is 65.2 cm³/mol. The molecule has 0 aliphatic rings. The minimum absolute atomic E-state index is 0.0361. The number of nitriles is 1. The topological polar surface area (TPSA) is 101 Å². The van der Waals surface area contributed by atoms with Gasteiger partial charge in [-0.1, -0.05) is 0 Å². The smallest absolute Gasteiger partial charge is 0.289 e. The quantitative estimate of drug-likeness (QED) is 0.609. The number of anilines is 1. The van der Waals surface area contributed by atoms with Crippen molar-refractivity contribution >= 4 is 11.5 Å². The lowest BCUT2D eigenvalue weighted by Gasteiger charge is -2.14. The van der Waals surface area contributed by atoms with E-state index in [1.807, 2.05) is 19.9 Å². The summed E-state index contributed by atoms with van der Waals surface area (Å²) in [6.07, 6.45) is 1.12. The molecule has 1 atom stereocenters. The number of nitrogens with zero attached hydrogens (tertiary/aromatic N) is 3. The Labute approximate surface area is 105 Å². The summed E-state index contributed by atoms with van der Waals surface area (Å²) in [6, 6.07) is 3.04. The molecular weight excluding hydrogens is 236 g/mol. The highest BCUT2D eigenvalue weighted by Gasteiger charge is 2.13. The third kappa shape index (κ3) is 3.68. The highest BCUT2D eigenvalue weighted by atomic mass is 16.6. The number of ether oxygens (including phenoxy) is 1. The molecule has 0 radical (unpaired) electrons. The third-order valence-corrected chi connectivity index (χ3v) is 2.16. The van der Waals surface area contributed by atoms with Gasteiger partial charge >= 0.3 is 0 Å². The molecule has 0 bridgehead atoms. The molecule has 0 aliphatic carbocycles. The second-order valence-corrected chi connectivity index (χ2v) is 3.66. The first-order valence-corrected chi connectivity index (χ1v) is 5.47. The van der Waals surface area contributed by atoms with E-state index in [4.69, 9.17) is 10.00 Å². The SMILES string of the molecule is CCOCC(C)Nc1ncc([N+](=O)[O-])cc1C#N. The van der Waals surface area contributed by atoms with Crippen molar-refractivity contribution in [2.24, 2.45) is 0 Å². The van der Waals surface area contributed by atoms with E-state index < -0.39 is 4.92 Å². The Bertz CT molecular complexity index is 470. The van der Waals surface area contributed by atoms with E-state index in [-0.39, 0.29) is 17.3 Å². The summed E-state index contributed by atoms with van der Waals surface area (Å²) in [5.41, 5.74) is -0.0536. The minimum atomic E-state index is -0.582. The van der Waals surface area contributed by atoms with Gasteiger partial charge in [-0.2, -0.15) is 5.26 Å². The summed E-state index contributed by atoms with van der Waals surface area (Å²) in [7, 11) is 0. The normalized spacial score (nSPS) is 11.6. The first-order valence-electron chi connectivity index (χ1n) is 5.47. The van der Waals surface area contributed by atoms with Crippen LogP contribution >= 0.6 is 0 Å². The summed E-state index contributed by atoms with van der Waals surface area (Å²) >= 11 is 0. The monoisotopic (exact) mass is 250 g/mol. The number of nitrogens with one attached hydrogen (secondary N) is 1. The van der Waals surface area contributed by atoms with Gasteiger partial charge in [0.25, 0.3) is 5.69 Å². The first kappa shape index (κ1) is 13.9. The van der Waals surface area contributed by atoms with Gasteiger partial charge in [-0.25, -0.2) is 4.98 Å². The number of aromatic nitrogens is 1. The van der Waals surface area contributed by atoms with E-state index in [0.717, 1.165) is 6.20 Å². The maximum atomic E-state index is 10.6. The summed E-state index contributed by atoms with van der Waals surface area (Å²) in [4.78, 5) is 13.9. The standard InChI is InChI=1S/C11H14N4O3/c1-3-18-7-8(2)14-11-9(5-12)4-10(6-13-11)15(16)17/h4,6,8H,3,7H2,1-2H3,(H,13,14). The molecule has 0 aliphatic heterocycles. The van der Waals surface area contributed by atoms with E-state index >= 15 is 0 Å². The molecule has 7 nitrogen and oxygen atoms in total. The van der Waals surface area contributed by atoms with Crippen molar-refractivity contribution in [3.63, 3.8) is 0 Å². The van der Waals surface area contributed by atoms with Crippen LogP contribution in [0.5, 0.6) is 0 Å². The third-order valence-electron chi connectivity index (χ3n) is 2.16. The molecule has 0 amide bonds. The van der Waals surface area contributed by atoms with Crippen molar-refractivity contribution in [1.82, 2.24) is 4.98 Å². The molecule has 1 rings (SSSR count). The summed E-state index contributed by atoms with van der Waals surface area (Å²) < 4.78 is 5.22. The fourth-order valence-electron chi connectivity index (χ4n) is 1.32. The Balaban J connectivity index is 2.83. The maximum absolute atomic E-state index is 10.6. The first-order chi connectivity index (χ1) is 8.58. The molecule has 0 spiro atoms. The van der Waals surface area contributed by atoms with Crippen LogP contribution in [0.2, 0.25) is 0 Å². The predicted octanol–water partition coefficient (Wildman–Crippen LogP) is 1.70. The number of rotatable bonds is 6. The van der Waals surface area contributed by atoms with E-state index in [0.29, 0.717) is 19.0 Å². The van der Waals surface area contributed by atoms with Crippen molar-refractivity contribution in [2.45, 2.75) is 19.9 Å². The molecule has 96 valence electrons. The van der Waals surface area contributed by atoms with Crippen LogP contribution in [0.3, 0.4) is 0 Å². The molecule has 0 fully saturated rings. The van der Waals surface area contributed by atoms with Gasteiger partial charge in [0.2, 0.25) is 0 Å². The summed E-state index contributed by atoms with van der Waals surface area (Å²) in [6.45, 7) is 4.84. The highest BCUT2D eigenvalue weighted by Crippen LogP contribution is 2.18. The van der Waals surface area contributed by atoms with E-state index in [9.17, 15) is 10.1 Å². The van der Waals surface area contributed by atoms with Gasteiger partial charge in [-0.15, -0.1) is 0 Å². The van der Waals surface area contributed by atoms with Crippen LogP contribution in [0, 0.1) is 21.4 Å². The van der Waals surface area contributed by atoms with Gasteiger partial charge < -0.3 is 10.1 Å². The van der Waals surface area contributed by atoms with Crippen LogP contribution in [0.4, 0.5) is 11.5 Å². The summed E-state index contributed by atoms with van der Waals surface area (Å²) in [5, 5.41) is 22.5. The molecule has 7 heteroatoms. The van der Waals surface area contributed by atoms with E-state index in [2.05, 4.69) is 10.3 Å². The Hall–Kier alpha value is -2.20. The molecular formula is C11H14N4O3. The summed E-state index contributed by atoms with van der Waals surface area (Å²) in [5.74, 6) is 0.329. The number of hydrogen-bond donors (Lipinski definition) is 1. The lowest BCUT2D eigenvalue weighted by atomic mass is 10.2. The van der Waals surface area contributed by atoms with Crippen molar-refractivity contribution in [1.29, 1.82) is 5.26 Å². The largest absolute Gasteiger partial charge is 0.380 e. The maximum Gasteiger partial charge on any atom is 0.289 e. The van der Waals surface area contributed by atoms with Crippen LogP contribution in [0.25, 0.3) is 0 Å². The van der Waals surface area contributed by atoms with Crippen LogP contribution in [-0.2, 0) is 4.74 Å². The van der Waals surface area contributed by atoms with Crippen LogP contribution in [0.1, 0.15) is 19.4 Å². The molecule has 0 aromatic carbocycles. The van der Waals surface area contributed by atoms with Gasteiger partial charge in [0.15, 0.2) is 0 Å². The van der Waals surface area contributed by atoms with Gasteiger partial charge in [-0.3, -0.25) is 10.1 Å². The van der Waals surface area contributed by atoms with Crippen molar-refractivity contribution in [3.8, 4) is 6.07 Å². The van der Waals surface area contributed by atoms with E-state index in [1.165, 1.54) is 6.07 Å². The zero-order valence-corrected chi connectivity index (χ0v) is 10.2. The molecule has 1 N–H and O–H groups in total. The number of hydrogen-bond acceptors (Lipinski definition) is 6. The van der Waals surface area contributed by atoms with Crippen molar-refractivity contribution in [3.05, 3.63) is 27.9 Å². The minimum Gasteiger partial charge on any atom is -0.380 e. The van der Waals surface area contributed by atoms with Gasteiger partial charge in [0, 0.05) is 18.7 Å². The van der Waals surface area contributed by atoms with Crippen molar-refractivity contribution in [2.75, 3.05) is 18.5 Å². The Kier molecular flexibility index (Phi) is 5.02. The molecule has 1 aromatic heterocycles. The lowest BCUT2D eigenvalue weighted by molar-refractivity contribution is -0.385. The number of pyridine rings is 1. The Morgan fingerprint density at radius 3 is 3.00 bits per heavy atom. The Morgan fingerprint density at radius 1 is 1.72 bits per heavy atom. The lowest BCUT2D eigenvalue weighted by Crippen LogP contribution is -2.22. The van der Waals surface area contributed by atoms with Crippen LogP contribution < -0.4 is 5.32 Å². The number of nitro groups is 1. The second kappa shape index (κ2) is 6.51. The molecule has 18 heavy (non-hydrogen) atoms. The molecule has 1 heterocycles.